The van der Waals surface area contributed by atoms with Crippen molar-refractivity contribution in [1.82, 2.24) is 0 Å². The molecule has 0 aliphatic heterocycles. The topological polar surface area (TPSA) is 50.1 Å². The van der Waals surface area contributed by atoms with E-state index in [2.05, 4.69) is 4.74 Å². The molecule has 0 N–H and O–H groups in total. The Morgan fingerprint density at radius 1 is 1.64 bits per heavy atom. The van der Waals surface area contributed by atoms with Gasteiger partial charge in [-0.1, -0.05) is 6.92 Å². The van der Waals surface area contributed by atoms with Crippen LogP contribution in [0.15, 0.2) is 11.1 Å². The SMILES string of the molecule is CCC(C)=C(C#N)C(=O)OC. The molecule has 0 amide bonds. The molecule has 0 aliphatic carbocycles. The summed E-state index contributed by atoms with van der Waals surface area (Å²) >= 11 is 0. The summed E-state index contributed by atoms with van der Waals surface area (Å²) in [5, 5.41) is 8.52. The van der Waals surface area contributed by atoms with E-state index < -0.39 is 5.97 Å². The number of nitriles is 1. The molecule has 0 aromatic heterocycles. The Hall–Kier alpha value is -1.30. The summed E-state index contributed by atoms with van der Waals surface area (Å²) in [6, 6.07) is 1.81. The fourth-order valence-corrected chi connectivity index (χ4v) is 0.594. The van der Waals surface area contributed by atoms with Crippen LogP contribution in [0.5, 0.6) is 0 Å². The van der Waals surface area contributed by atoms with Gasteiger partial charge in [-0.05, 0) is 18.9 Å². The van der Waals surface area contributed by atoms with Gasteiger partial charge in [-0.15, -0.1) is 0 Å². The van der Waals surface area contributed by atoms with Crippen molar-refractivity contribution in [1.29, 1.82) is 5.26 Å². The van der Waals surface area contributed by atoms with E-state index in [9.17, 15) is 4.79 Å². The summed E-state index contributed by atoms with van der Waals surface area (Å²) in [5.41, 5.74) is 0.884. The molecule has 0 unspecified atom stereocenters. The standard InChI is InChI=1S/C8H11NO2/c1-4-6(2)7(5-9)8(10)11-3/h4H2,1-3H3. The molecule has 0 bridgehead atoms. The van der Waals surface area contributed by atoms with Gasteiger partial charge in [0.25, 0.3) is 0 Å². The normalized spacial score (nSPS) is 11.5. The van der Waals surface area contributed by atoms with Crippen molar-refractivity contribution in [2.45, 2.75) is 20.3 Å². The molecule has 11 heavy (non-hydrogen) atoms. The zero-order valence-electron chi connectivity index (χ0n) is 6.97. The fraction of sp³-hybridized carbons (Fsp3) is 0.500. The molecule has 3 nitrogen and oxygen atoms in total. The zero-order valence-corrected chi connectivity index (χ0v) is 6.97. The monoisotopic (exact) mass is 153 g/mol. The predicted molar refractivity (Wildman–Crippen MR) is 40.6 cm³/mol. The van der Waals surface area contributed by atoms with Crippen LogP contribution in [-0.2, 0) is 9.53 Å². The summed E-state index contributed by atoms with van der Waals surface area (Å²) < 4.78 is 4.41. The Kier molecular flexibility index (Phi) is 3.97. The van der Waals surface area contributed by atoms with Crippen molar-refractivity contribution in [3.8, 4) is 6.07 Å². The molecular formula is C8H11NO2. The van der Waals surface area contributed by atoms with Crippen LogP contribution in [0.4, 0.5) is 0 Å². The largest absolute Gasteiger partial charge is 0.465 e. The van der Waals surface area contributed by atoms with E-state index in [-0.39, 0.29) is 5.57 Å². The molecule has 0 fully saturated rings. The van der Waals surface area contributed by atoms with Crippen molar-refractivity contribution in [2.24, 2.45) is 0 Å². The molecule has 60 valence electrons. The van der Waals surface area contributed by atoms with Gasteiger partial charge in [-0.25, -0.2) is 4.79 Å². The molecule has 0 aromatic carbocycles. The third-order valence-electron chi connectivity index (χ3n) is 1.46. The molecule has 3 heteroatoms. The molecule has 0 saturated heterocycles. The molecule has 0 rings (SSSR count). The number of hydrogen-bond acceptors (Lipinski definition) is 3. The number of carbonyl (C=O) groups is 1. The van der Waals surface area contributed by atoms with Crippen molar-refractivity contribution >= 4 is 5.97 Å². The van der Waals surface area contributed by atoms with Crippen LogP contribution in [-0.4, -0.2) is 13.1 Å². The first-order valence-electron chi connectivity index (χ1n) is 3.35. The predicted octanol–water partition coefficient (Wildman–Crippen LogP) is 1.41. The van der Waals surface area contributed by atoms with Crippen LogP contribution in [0.2, 0.25) is 0 Å². The van der Waals surface area contributed by atoms with E-state index in [0.717, 1.165) is 5.57 Å². The molecule has 0 aromatic rings. The Labute approximate surface area is 66.3 Å². The lowest BCUT2D eigenvalue weighted by Crippen LogP contribution is -2.04. The highest BCUT2D eigenvalue weighted by Gasteiger charge is 2.10. The third kappa shape index (κ3) is 2.42. The van der Waals surface area contributed by atoms with Gasteiger partial charge in [0, 0.05) is 0 Å². The second-order valence-corrected chi connectivity index (χ2v) is 2.11. The lowest BCUT2D eigenvalue weighted by molar-refractivity contribution is -0.135. The van der Waals surface area contributed by atoms with Crippen LogP contribution < -0.4 is 0 Å². The molecule has 0 aliphatic rings. The van der Waals surface area contributed by atoms with Gasteiger partial charge >= 0.3 is 5.97 Å². The maximum Gasteiger partial charge on any atom is 0.348 e. The van der Waals surface area contributed by atoms with Gasteiger partial charge in [-0.2, -0.15) is 5.26 Å². The number of esters is 1. The van der Waals surface area contributed by atoms with Crippen molar-refractivity contribution < 1.29 is 9.53 Å². The van der Waals surface area contributed by atoms with Crippen molar-refractivity contribution in [3.63, 3.8) is 0 Å². The lowest BCUT2D eigenvalue weighted by Gasteiger charge is -1.99. The highest BCUT2D eigenvalue weighted by atomic mass is 16.5. The molecule has 0 atom stereocenters. The highest BCUT2D eigenvalue weighted by molar-refractivity contribution is 5.93. The van der Waals surface area contributed by atoms with E-state index in [1.165, 1.54) is 7.11 Å². The fourth-order valence-electron chi connectivity index (χ4n) is 0.594. The van der Waals surface area contributed by atoms with E-state index in [0.29, 0.717) is 6.42 Å². The summed E-state index contributed by atoms with van der Waals surface area (Å²) in [6.07, 6.45) is 0.692. The Morgan fingerprint density at radius 2 is 2.18 bits per heavy atom. The van der Waals surface area contributed by atoms with E-state index in [1.807, 2.05) is 13.0 Å². The Bertz CT molecular complexity index is 223. The van der Waals surface area contributed by atoms with Crippen LogP contribution in [0.25, 0.3) is 0 Å². The Morgan fingerprint density at radius 3 is 2.45 bits per heavy atom. The van der Waals surface area contributed by atoms with Crippen LogP contribution in [0.3, 0.4) is 0 Å². The van der Waals surface area contributed by atoms with Gasteiger partial charge in [0.15, 0.2) is 0 Å². The minimum atomic E-state index is -0.549. The summed E-state index contributed by atoms with van der Waals surface area (Å²) in [7, 11) is 1.27. The number of hydrogen-bond donors (Lipinski definition) is 0. The third-order valence-corrected chi connectivity index (χ3v) is 1.46. The second-order valence-electron chi connectivity index (χ2n) is 2.11. The summed E-state index contributed by atoms with van der Waals surface area (Å²) in [4.78, 5) is 10.8. The van der Waals surface area contributed by atoms with Crippen LogP contribution in [0.1, 0.15) is 20.3 Å². The lowest BCUT2D eigenvalue weighted by atomic mass is 10.1. The molecule has 0 spiro atoms. The first-order valence-corrected chi connectivity index (χ1v) is 3.35. The summed E-state index contributed by atoms with van der Waals surface area (Å²) in [6.45, 7) is 3.63. The average molecular weight is 153 g/mol. The number of allylic oxidation sites excluding steroid dienone is 1. The van der Waals surface area contributed by atoms with Gasteiger partial charge < -0.3 is 4.74 Å². The minimum absolute atomic E-state index is 0.120. The molecule has 0 heterocycles. The van der Waals surface area contributed by atoms with Crippen molar-refractivity contribution in [3.05, 3.63) is 11.1 Å². The number of nitrogens with zero attached hydrogens (tertiary/aromatic N) is 1. The zero-order chi connectivity index (χ0) is 8.85. The maximum atomic E-state index is 10.8. The average Bonchev–Trinajstić information content (AvgIpc) is 2.05. The van der Waals surface area contributed by atoms with E-state index in [1.54, 1.807) is 6.92 Å². The second kappa shape index (κ2) is 4.51. The van der Waals surface area contributed by atoms with Gasteiger partial charge in [-0.3, -0.25) is 0 Å². The van der Waals surface area contributed by atoms with Gasteiger partial charge in [0.1, 0.15) is 11.6 Å². The maximum absolute atomic E-state index is 10.8. The van der Waals surface area contributed by atoms with Crippen LogP contribution >= 0.6 is 0 Å². The number of carbonyl (C=O) groups excluding carboxylic acids is 1. The van der Waals surface area contributed by atoms with Gasteiger partial charge in [0.2, 0.25) is 0 Å². The minimum Gasteiger partial charge on any atom is -0.465 e. The number of ether oxygens (including phenoxy) is 1. The first-order chi connectivity index (χ1) is 5.17. The van der Waals surface area contributed by atoms with E-state index >= 15 is 0 Å². The quantitative estimate of drug-likeness (QED) is 0.342. The number of rotatable bonds is 2. The smallest absolute Gasteiger partial charge is 0.348 e. The Balaban J connectivity index is 4.69. The highest BCUT2D eigenvalue weighted by Crippen LogP contribution is 2.07. The molecule has 0 radical (unpaired) electrons. The molecule has 0 saturated carbocycles. The molecular weight excluding hydrogens is 142 g/mol. The van der Waals surface area contributed by atoms with Gasteiger partial charge in [0.05, 0.1) is 7.11 Å². The summed E-state index contributed by atoms with van der Waals surface area (Å²) in [5.74, 6) is -0.549. The first kappa shape index (κ1) is 9.70. The van der Waals surface area contributed by atoms with Crippen molar-refractivity contribution in [2.75, 3.05) is 7.11 Å². The van der Waals surface area contributed by atoms with Crippen LogP contribution in [0, 0.1) is 11.3 Å². The number of methoxy groups -OCH3 is 1. The van der Waals surface area contributed by atoms with E-state index in [4.69, 9.17) is 5.26 Å².